The predicted molar refractivity (Wildman–Crippen MR) is 80.9 cm³/mol. The Hall–Kier alpha value is -2.50. The molecule has 0 spiro atoms. The lowest BCUT2D eigenvalue weighted by atomic mass is 10.1. The first-order valence-electron chi connectivity index (χ1n) is 7.30. The molecule has 2 atom stereocenters. The average Bonchev–Trinajstić information content (AvgIpc) is 3.28. The Morgan fingerprint density at radius 2 is 2.27 bits per heavy atom. The number of benzene rings is 1. The van der Waals surface area contributed by atoms with Crippen LogP contribution in [0, 0.1) is 11.9 Å². The quantitative estimate of drug-likeness (QED) is 0.680. The Labute approximate surface area is 127 Å². The fraction of sp³-hybridized carbons (Fsp3) is 0.312. The Bertz CT molecular complexity index is 695. The van der Waals surface area contributed by atoms with Gasteiger partial charge in [0, 0.05) is 12.5 Å². The van der Waals surface area contributed by atoms with Gasteiger partial charge in [-0.1, -0.05) is 30.3 Å². The summed E-state index contributed by atoms with van der Waals surface area (Å²) in [6.07, 6.45) is 3.50. The number of hydrogen-bond donors (Lipinski definition) is 1. The number of nitrogens with zero attached hydrogens (tertiary/aromatic N) is 3. The van der Waals surface area contributed by atoms with Crippen LogP contribution in [-0.2, 0) is 11.3 Å². The summed E-state index contributed by atoms with van der Waals surface area (Å²) < 4.78 is 14.9. The van der Waals surface area contributed by atoms with Crippen LogP contribution in [0.5, 0.6) is 0 Å². The van der Waals surface area contributed by atoms with E-state index in [9.17, 15) is 9.18 Å². The highest BCUT2D eigenvalue weighted by Gasteiger charge is 2.43. The molecule has 1 fully saturated rings. The fourth-order valence-electron chi connectivity index (χ4n) is 2.49. The second-order valence-corrected chi connectivity index (χ2v) is 5.30. The van der Waals surface area contributed by atoms with Crippen LogP contribution in [0.25, 0.3) is 0 Å². The van der Waals surface area contributed by atoms with Crippen molar-refractivity contribution in [3.63, 3.8) is 0 Å². The summed E-state index contributed by atoms with van der Waals surface area (Å²) in [4.78, 5) is 12.0. The van der Waals surface area contributed by atoms with E-state index >= 15 is 0 Å². The summed E-state index contributed by atoms with van der Waals surface area (Å²) in [5.41, 5.74) is 3.90. The van der Waals surface area contributed by atoms with Crippen molar-refractivity contribution in [2.24, 2.45) is 11.0 Å². The molecule has 0 saturated heterocycles. The standard InChI is InChI=1S/C16H17FN4O/c1-2-21-15(17)12(10-19-21)9-18-20-16(22)14-8-13(14)11-6-4-3-5-7-11/h3-7,9-10,13-14H,2,8H2,1H3,(H,20,22). The first-order valence-corrected chi connectivity index (χ1v) is 7.30. The van der Waals surface area contributed by atoms with Crippen molar-refractivity contribution < 1.29 is 9.18 Å². The minimum Gasteiger partial charge on any atom is -0.273 e. The first kappa shape index (κ1) is 14.4. The zero-order valence-electron chi connectivity index (χ0n) is 12.2. The number of aryl methyl sites for hydroxylation is 1. The molecule has 22 heavy (non-hydrogen) atoms. The van der Waals surface area contributed by atoms with Crippen molar-refractivity contribution >= 4 is 12.1 Å². The maximum Gasteiger partial charge on any atom is 0.243 e. The normalized spacial score (nSPS) is 20.3. The third kappa shape index (κ3) is 2.90. The van der Waals surface area contributed by atoms with Gasteiger partial charge in [0.1, 0.15) is 0 Å². The molecule has 1 saturated carbocycles. The number of aromatic nitrogens is 2. The van der Waals surface area contributed by atoms with Gasteiger partial charge in [-0.2, -0.15) is 14.6 Å². The molecule has 1 aliphatic carbocycles. The van der Waals surface area contributed by atoms with Gasteiger partial charge in [-0.3, -0.25) is 4.79 Å². The van der Waals surface area contributed by atoms with E-state index in [1.165, 1.54) is 22.7 Å². The van der Waals surface area contributed by atoms with Gasteiger partial charge in [-0.25, -0.2) is 10.1 Å². The van der Waals surface area contributed by atoms with E-state index in [1.54, 1.807) is 6.92 Å². The van der Waals surface area contributed by atoms with Crippen LogP contribution in [0.2, 0.25) is 0 Å². The third-order valence-electron chi connectivity index (χ3n) is 3.83. The van der Waals surface area contributed by atoms with Crippen molar-refractivity contribution in [3.8, 4) is 0 Å². The topological polar surface area (TPSA) is 59.3 Å². The molecule has 114 valence electrons. The lowest BCUT2D eigenvalue weighted by Gasteiger charge is -1.99. The number of halogens is 1. The van der Waals surface area contributed by atoms with Crippen molar-refractivity contribution in [2.45, 2.75) is 25.8 Å². The summed E-state index contributed by atoms with van der Waals surface area (Å²) >= 11 is 0. The van der Waals surface area contributed by atoms with Gasteiger partial charge in [0.2, 0.25) is 11.9 Å². The molecule has 2 aromatic rings. The van der Waals surface area contributed by atoms with Crippen LogP contribution < -0.4 is 5.43 Å². The van der Waals surface area contributed by atoms with Gasteiger partial charge < -0.3 is 0 Å². The lowest BCUT2D eigenvalue weighted by Crippen LogP contribution is -2.20. The average molecular weight is 300 g/mol. The maximum atomic E-state index is 13.7. The number of carbonyl (C=O) groups is 1. The molecule has 1 N–H and O–H groups in total. The van der Waals surface area contributed by atoms with Crippen LogP contribution in [0.15, 0.2) is 41.6 Å². The first-order chi connectivity index (χ1) is 10.7. The molecule has 2 unspecified atom stereocenters. The molecule has 1 aromatic heterocycles. The predicted octanol–water partition coefficient (Wildman–Crippen LogP) is 2.30. The smallest absolute Gasteiger partial charge is 0.243 e. The molecule has 1 amide bonds. The number of nitrogens with one attached hydrogen (secondary N) is 1. The summed E-state index contributed by atoms with van der Waals surface area (Å²) in [5.74, 6) is -0.374. The van der Waals surface area contributed by atoms with Crippen LogP contribution in [0.1, 0.15) is 30.4 Å². The molecule has 0 aliphatic heterocycles. The Balaban J connectivity index is 1.55. The molecule has 6 heteroatoms. The fourth-order valence-corrected chi connectivity index (χ4v) is 2.49. The highest BCUT2D eigenvalue weighted by atomic mass is 19.1. The summed E-state index contributed by atoms with van der Waals surface area (Å²) in [6.45, 7) is 2.25. The van der Waals surface area contributed by atoms with Gasteiger partial charge in [0.25, 0.3) is 0 Å². The van der Waals surface area contributed by atoms with Crippen LogP contribution >= 0.6 is 0 Å². The highest BCUT2D eigenvalue weighted by Crippen LogP contribution is 2.47. The van der Waals surface area contributed by atoms with Crippen LogP contribution in [-0.4, -0.2) is 21.9 Å². The zero-order valence-corrected chi connectivity index (χ0v) is 12.2. The molecular formula is C16H17FN4O. The van der Waals surface area contributed by atoms with E-state index in [1.807, 2.05) is 30.3 Å². The molecule has 1 aromatic carbocycles. The van der Waals surface area contributed by atoms with Crippen molar-refractivity contribution in [2.75, 3.05) is 0 Å². The van der Waals surface area contributed by atoms with Crippen LogP contribution in [0.4, 0.5) is 4.39 Å². The van der Waals surface area contributed by atoms with E-state index < -0.39 is 5.95 Å². The van der Waals surface area contributed by atoms with E-state index in [2.05, 4.69) is 15.6 Å². The monoisotopic (exact) mass is 300 g/mol. The van der Waals surface area contributed by atoms with Crippen molar-refractivity contribution in [1.82, 2.24) is 15.2 Å². The van der Waals surface area contributed by atoms with Gasteiger partial charge in [-0.15, -0.1) is 0 Å². The third-order valence-corrected chi connectivity index (χ3v) is 3.83. The van der Waals surface area contributed by atoms with Gasteiger partial charge >= 0.3 is 0 Å². The van der Waals surface area contributed by atoms with E-state index in [-0.39, 0.29) is 23.3 Å². The SMILES string of the molecule is CCn1ncc(C=NNC(=O)C2CC2c2ccccc2)c1F. The molecule has 1 heterocycles. The number of carbonyl (C=O) groups excluding carboxylic acids is 1. The summed E-state index contributed by atoms with van der Waals surface area (Å²) in [6, 6.07) is 9.94. The lowest BCUT2D eigenvalue weighted by molar-refractivity contribution is -0.122. The van der Waals surface area contributed by atoms with Gasteiger partial charge in [-0.05, 0) is 24.8 Å². The second kappa shape index (κ2) is 6.09. The largest absolute Gasteiger partial charge is 0.273 e. The minimum absolute atomic E-state index is 0.0530. The second-order valence-electron chi connectivity index (χ2n) is 5.30. The number of hydrazone groups is 1. The summed E-state index contributed by atoms with van der Waals surface area (Å²) in [5, 5.41) is 7.69. The minimum atomic E-state index is -0.450. The van der Waals surface area contributed by atoms with E-state index in [0.29, 0.717) is 6.54 Å². The van der Waals surface area contributed by atoms with Crippen molar-refractivity contribution in [1.29, 1.82) is 0 Å². The van der Waals surface area contributed by atoms with Gasteiger partial charge in [0.15, 0.2) is 0 Å². The summed E-state index contributed by atoms with van der Waals surface area (Å²) in [7, 11) is 0. The van der Waals surface area contributed by atoms with E-state index in [4.69, 9.17) is 0 Å². The molecule has 3 rings (SSSR count). The molecule has 1 aliphatic rings. The Morgan fingerprint density at radius 3 is 2.95 bits per heavy atom. The maximum absolute atomic E-state index is 13.7. The molecule has 0 bridgehead atoms. The number of amides is 1. The zero-order chi connectivity index (χ0) is 15.5. The molecule has 5 nitrogen and oxygen atoms in total. The highest BCUT2D eigenvalue weighted by molar-refractivity contribution is 5.85. The number of hydrogen-bond acceptors (Lipinski definition) is 3. The van der Waals surface area contributed by atoms with Crippen molar-refractivity contribution in [3.05, 3.63) is 53.6 Å². The Kier molecular flexibility index (Phi) is 4.00. The van der Waals surface area contributed by atoms with E-state index in [0.717, 1.165) is 6.42 Å². The number of rotatable bonds is 5. The molecule has 0 radical (unpaired) electrons. The van der Waals surface area contributed by atoms with Crippen LogP contribution in [0.3, 0.4) is 0 Å². The van der Waals surface area contributed by atoms with Gasteiger partial charge in [0.05, 0.1) is 18.0 Å². The Morgan fingerprint density at radius 1 is 1.50 bits per heavy atom. The molecular weight excluding hydrogens is 283 g/mol.